The zero-order valence-electron chi connectivity index (χ0n) is 12.0. The smallest absolute Gasteiger partial charge is 0.195 e. The van der Waals surface area contributed by atoms with Gasteiger partial charge in [-0.15, -0.1) is 0 Å². The predicted molar refractivity (Wildman–Crippen MR) is 82.3 cm³/mol. The van der Waals surface area contributed by atoms with Gasteiger partial charge in [-0.1, -0.05) is 35.9 Å². The number of aromatic nitrogens is 1. The highest BCUT2D eigenvalue weighted by Crippen LogP contribution is 2.24. The number of ketones is 1. The molecule has 1 aromatic heterocycles. The molecule has 0 aliphatic carbocycles. The van der Waals surface area contributed by atoms with Gasteiger partial charge in [0.2, 0.25) is 0 Å². The second-order valence-electron chi connectivity index (χ2n) is 5.32. The topological polar surface area (TPSA) is 22.0 Å². The van der Waals surface area contributed by atoms with Crippen molar-refractivity contribution >= 4 is 16.7 Å². The fraction of sp³-hybridized carbons (Fsp3) is 0.167. The highest BCUT2D eigenvalue weighted by molar-refractivity contribution is 6.17. The first-order chi connectivity index (χ1) is 9.58. The third kappa shape index (κ3) is 1.94. The number of aryl methyl sites for hydroxylation is 3. The molecule has 0 saturated heterocycles. The van der Waals surface area contributed by atoms with Crippen molar-refractivity contribution in [3.8, 4) is 0 Å². The number of carbonyl (C=O) groups is 1. The lowest BCUT2D eigenvalue weighted by molar-refractivity contribution is 0.103. The van der Waals surface area contributed by atoms with Crippen molar-refractivity contribution in [2.75, 3.05) is 0 Å². The molecule has 20 heavy (non-hydrogen) atoms. The highest BCUT2D eigenvalue weighted by atomic mass is 16.1. The van der Waals surface area contributed by atoms with Crippen LogP contribution < -0.4 is 0 Å². The Labute approximate surface area is 118 Å². The van der Waals surface area contributed by atoms with E-state index in [1.807, 2.05) is 74.1 Å². The van der Waals surface area contributed by atoms with Crippen LogP contribution in [0.15, 0.2) is 48.7 Å². The van der Waals surface area contributed by atoms with Crippen LogP contribution in [0.1, 0.15) is 27.0 Å². The van der Waals surface area contributed by atoms with E-state index in [-0.39, 0.29) is 5.78 Å². The summed E-state index contributed by atoms with van der Waals surface area (Å²) >= 11 is 0. The third-order valence-electron chi connectivity index (χ3n) is 3.78. The molecule has 0 fully saturated rings. The molecular weight excluding hydrogens is 246 g/mol. The zero-order valence-corrected chi connectivity index (χ0v) is 12.0. The summed E-state index contributed by atoms with van der Waals surface area (Å²) in [6.45, 7) is 4.00. The van der Waals surface area contributed by atoms with Gasteiger partial charge in [-0.2, -0.15) is 0 Å². The normalized spacial score (nSPS) is 10.9. The first kappa shape index (κ1) is 12.7. The predicted octanol–water partition coefficient (Wildman–Crippen LogP) is 4.03. The Kier molecular flexibility index (Phi) is 2.94. The molecule has 1 heterocycles. The van der Waals surface area contributed by atoms with Crippen molar-refractivity contribution in [1.29, 1.82) is 0 Å². The summed E-state index contributed by atoms with van der Waals surface area (Å²) in [7, 11) is 1.97. The van der Waals surface area contributed by atoms with Crippen LogP contribution in [0.4, 0.5) is 0 Å². The molecule has 0 aliphatic heterocycles. The molecule has 3 aromatic rings. The minimum atomic E-state index is 0.100. The van der Waals surface area contributed by atoms with Gasteiger partial charge in [-0.3, -0.25) is 4.79 Å². The Morgan fingerprint density at radius 2 is 1.75 bits per heavy atom. The molecule has 0 N–H and O–H groups in total. The molecule has 0 atom stereocenters. The van der Waals surface area contributed by atoms with E-state index >= 15 is 0 Å². The van der Waals surface area contributed by atoms with Gasteiger partial charge in [0.25, 0.3) is 0 Å². The van der Waals surface area contributed by atoms with Crippen LogP contribution in [0.5, 0.6) is 0 Å². The van der Waals surface area contributed by atoms with Crippen molar-refractivity contribution in [1.82, 2.24) is 4.57 Å². The minimum Gasteiger partial charge on any atom is -0.350 e. The maximum Gasteiger partial charge on any atom is 0.195 e. The van der Waals surface area contributed by atoms with Crippen LogP contribution in [-0.4, -0.2) is 10.4 Å². The summed E-state index contributed by atoms with van der Waals surface area (Å²) in [4.78, 5) is 12.8. The Morgan fingerprint density at radius 1 is 1.00 bits per heavy atom. The van der Waals surface area contributed by atoms with Gasteiger partial charge in [0.1, 0.15) is 0 Å². The van der Waals surface area contributed by atoms with E-state index < -0.39 is 0 Å². The van der Waals surface area contributed by atoms with Gasteiger partial charge >= 0.3 is 0 Å². The fourth-order valence-electron chi connectivity index (χ4n) is 2.65. The summed E-state index contributed by atoms with van der Waals surface area (Å²) in [6, 6.07) is 14.0. The Morgan fingerprint density at radius 3 is 2.55 bits per heavy atom. The molecule has 0 saturated carbocycles. The highest BCUT2D eigenvalue weighted by Gasteiger charge is 2.17. The molecule has 0 amide bonds. The molecular formula is C18H17NO. The van der Waals surface area contributed by atoms with Gasteiger partial charge < -0.3 is 4.57 Å². The van der Waals surface area contributed by atoms with Gasteiger partial charge in [0.05, 0.1) is 0 Å². The van der Waals surface area contributed by atoms with E-state index in [2.05, 4.69) is 0 Å². The summed E-state index contributed by atoms with van der Waals surface area (Å²) < 4.78 is 2.01. The first-order valence-electron chi connectivity index (χ1n) is 6.74. The number of carbonyl (C=O) groups excluding carboxylic acids is 1. The van der Waals surface area contributed by atoms with Crippen LogP contribution in [0.25, 0.3) is 10.9 Å². The Balaban J connectivity index is 2.20. The monoisotopic (exact) mass is 263 g/mol. The molecule has 0 bridgehead atoms. The summed E-state index contributed by atoms with van der Waals surface area (Å²) in [5.41, 5.74) is 4.78. The second-order valence-corrected chi connectivity index (χ2v) is 5.32. The lowest BCUT2D eigenvalue weighted by atomic mass is 9.97. The quantitative estimate of drug-likeness (QED) is 0.640. The Hall–Kier alpha value is -2.35. The van der Waals surface area contributed by atoms with Gasteiger partial charge in [-0.05, 0) is 31.5 Å². The molecule has 0 unspecified atom stereocenters. The maximum absolute atomic E-state index is 12.8. The van der Waals surface area contributed by atoms with Crippen LogP contribution in [0.3, 0.4) is 0 Å². The number of hydrogen-bond acceptors (Lipinski definition) is 1. The number of benzene rings is 2. The average Bonchev–Trinajstić information content (AvgIpc) is 2.79. The van der Waals surface area contributed by atoms with E-state index in [1.54, 1.807) is 0 Å². The van der Waals surface area contributed by atoms with Crippen molar-refractivity contribution in [3.63, 3.8) is 0 Å². The molecule has 100 valence electrons. The van der Waals surface area contributed by atoms with E-state index in [1.165, 1.54) is 0 Å². The number of rotatable bonds is 2. The van der Waals surface area contributed by atoms with E-state index in [4.69, 9.17) is 0 Å². The van der Waals surface area contributed by atoms with Crippen molar-refractivity contribution in [2.24, 2.45) is 7.05 Å². The number of fused-ring (bicyclic) bond motifs is 1. The molecule has 2 nitrogen and oxygen atoms in total. The molecule has 0 spiro atoms. The number of nitrogens with zero attached hydrogens (tertiary/aromatic N) is 1. The first-order valence-corrected chi connectivity index (χ1v) is 6.74. The van der Waals surface area contributed by atoms with Crippen LogP contribution >= 0.6 is 0 Å². The average molecular weight is 263 g/mol. The number of hydrogen-bond donors (Lipinski definition) is 0. The SMILES string of the molecule is Cc1ccc(C)c(C(=O)c2cn(C)c3ccccc23)c1. The van der Waals surface area contributed by atoms with Crippen LogP contribution in [-0.2, 0) is 7.05 Å². The van der Waals surface area contributed by atoms with E-state index in [9.17, 15) is 4.79 Å². The van der Waals surface area contributed by atoms with Crippen molar-refractivity contribution in [3.05, 3.63) is 70.9 Å². The largest absolute Gasteiger partial charge is 0.350 e. The van der Waals surface area contributed by atoms with Gasteiger partial charge in [0, 0.05) is 35.3 Å². The van der Waals surface area contributed by atoms with Crippen molar-refractivity contribution in [2.45, 2.75) is 13.8 Å². The summed E-state index contributed by atoms with van der Waals surface area (Å²) in [6.07, 6.45) is 1.93. The summed E-state index contributed by atoms with van der Waals surface area (Å²) in [5, 5.41) is 1.01. The molecule has 2 heteroatoms. The van der Waals surface area contributed by atoms with Gasteiger partial charge in [-0.25, -0.2) is 0 Å². The number of para-hydroxylation sites is 1. The maximum atomic E-state index is 12.8. The fourth-order valence-corrected chi connectivity index (χ4v) is 2.65. The molecule has 3 rings (SSSR count). The second kappa shape index (κ2) is 4.64. The Bertz CT molecular complexity index is 811. The minimum absolute atomic E-state index is 0.100. The molecule has 0 radical (unpaired) electrons. The van der Waals surface area contributed by atoms with E-state index in [0.29, 0.717) is 0 Å². The zero-order chi connectivity index (χ0) is 14.3. The third-order valence-corrected chi connectivity index (χ3v) is 3.78. The summed E-state index contributed by atoms with van der Waals surface area (Å²) in [5.74, 6) is 0.100. The lowest BCUT2D eigenvalue weighted by Crippen LogP contribution is -2.03. The van der Waals surface area contributed by atoms with E-state index in [0.717, 1.165) is 33.2 Å². The van der Waals surface area contributed by atoms with Crippen LogP contribution in [0, 0.1) is 13.8 Å². The molecule has 0 aliphatic rings. The lowest BCUT2D eigenvalue weighted by Gasteiger charge is -2.05. The van der Waals surface area contributed by atoms with Crippen LogP contribution in [0.2, 0.25) is 0 Å². The molecule has 2 aromatic carbocycles. The van der Waals surface area contributed by atoms with Crippen molar-refractivity contribution < 1.29 is 4.79 Å². The van der Waals surface area contributed by atoms with Gasteiger partial charge in [0.15, 0.2) is 5.78 Å². The standard InChI is InChI=1S/C18H17NO/c1-12-8-9-13(2)15(10-12)18(20)16-11-19(3)17-7-5-4-6-14(16)17/h4-11H,1-3H3.